The van der Waals surface area contributed by atoms with Crippen molar-refractivity contribution in [1.82, 2.24) is 4.90 Å². The van der Waals surface area contributed by atoms with Crippen molar-refractivity contribution in [1.29, 1.82) is 0 Å². The molecule has 0 aromatic heterocycles. The molecule has 2 aromatic carbocycles. The largest absolute Gasteiger partial charge is 1.00 e. The van der Waals surface area contributed by atoms with E-state index in [4.69, 9.17) is 0 Å². The van der Waals surface area contributed by atoms with E-state index in [-0.39, 0.29) is 20.3 Å². The summed E-state index contributed by atoms with van der Waals surface area (Å²) in [5.41, 5.74) is 0. The van der Waals surface area contributed by atoms with Crippen LogP contribution < -0.4 is 27.9 Å². The normalized spacial score (nSPS) is 17.5. The molecule has 0 radical (unpaired) electrons. The van der Waals surface area contributed by atoms with E-state index in [1.165, 1.54) is 43.0 Å². The third-order valence-corrected chi connectivity index (χ3v) is 7.59. The van der Waals surface area contributed by atoms with E-state index in [0.29, 0.717) is 6.04 Å². The summed E-state index contributed by atoms with van der Waals surface area (Å²) in [6, 6.07) is 22.8. The van der Waals surface area contributed by atoms with Crippen LogP contribution in [0.2, 0.25) is 0 Å². The SMILES string of the molecule is C[C@H](CP(c1ccccc1)c1ccccc1)N1CC[NH+](C)CC1.[Cl-]. The van der Waals surface area contributed by atoms with Gasteiger partial charge in [0.05, 0.1) is 20.1 Å². The van der Waals surface area contributed by atoms with Crippen LogP contribution in [0.1, 0.15) is 6.92 Å². The number of nitrogens with zero attached hydrogens (tertiary/aromatic N) is 1. The van der Waals surface area contributed by atoms with Gasteiger partial charge in [-0.05, 0) is 31.6 Å². The van der Waals surface area contributed by atoms with Crippen molar-refractivity contribution in [3.63, 3.8) is 0 Å². The third-order valence-electron chi connectivity index (χ3n) is 4.86. The van der Waals surface area contributed by atoms with Gasteiger partial charge in [0.25, 0.3) is 0 Å². The lowest BCUT2D eigenvalue weighted by Gasteiger charge is -2.36. The first-order valence-electron chi connectivity index (χ1n) is 8.67. The highest BCUT2D eigenvalue weighted by Crippen LogP contribution is 2.35. The molecule has 1 saturated heterocycles. The number of nitrogens with one attached hydrogen (secondary N) is 1. The van der Waals surface area contributed by atoms with Crippen molar-refractivity contribution in [2.75, 3.05) is 39.4 Å². The minimum Gasteiger partial charge on any atom is -1.00 e. The molecule has 0 spiro atoms. The second kappa shape index (κ2) is 9.53. The van der Waals surface area contributed by atoms with Gasteiger partial charge in [0, 0.05) is 19.1 Å². The van der Waals surface area contributed by atoms with Crippen molar-refractivity contribution in [2.45, 2.75) is 13.0 Å². The molecular weight excluding hydrogens is 335 g/mol. The maximum Gasteiger partial charge on any atom is 0.0898 e. The van der Waals surface area contributed by atoms with Crippen LogP contribution in [0.4, 0.5) is 0 Å². The predicted octanol–water partition coefficient (Wildman–Crippen LogP) is -1.66. The van der Waals surface area contributed by atoms with Crippen LogP contribution in [0.15, 0.2) is 60.7 Å². The number of benzene rings is 2. The standard InChI is InChI=1S/C20H27N2P.ClH/c1-18(22-15-13-21(2)14-16-22)17-23(19-9-5-3-6-10-19)20-11-7-4-8-12-20;/h3-12,18H,13-17H2,1-2H3;1H/t18-;/m1./s1. The van der Waals surface area contributed by atoms with Crippen LogP contribution in [0.3, 0.4) is 0 Å². The minimum absolute atomic E-state index is 0. The Morgan fingerprint density at radius 2 is 1.38 bits per heavy atom. The van der Waals surface area contributed by atoms with E-state index >= 15 is 0 Å². The molecule has 1 N–H and O–H groups in total. The first-order chi connectivity index (χ1) is 11.2. The van der Waals surface area contributed by atoms with E-state index in [2.05, 4.69) is 79.5 Å². The van der Waals surface area contributed by atoms with Crippen molar-refractivity contribution < 1.29 is 17.3 Å². The molecule has 1 atom stereocenters. The highest BCUT2D eigenvalue weighted by atomic mass is 35.5. The maximum atomic E-state index is 2.69. The van der Waals surface area contributed by atoms with E-state index in [1.807, 2.05) is 0 Å². The summed E-state index contributed by atoms with van der Waals surface area (Å²) in [5, 5.41) is 3.00. The highest BCUT2D eigenvalue weighted by Gasteiger charge is 2.24. The van der Waals surface area contributed by atoms with Gasteiger partial charge in [-0.2, -0.15) is 0 Å². The Balaban J connectivity index is 0.00000208. The Morgan fingerprint density at radius 1 is 0.917 bits per heavy atom. The van der Waals surface area contributed by atoms with Crippen molar-refractivity contribution in [3.8, 4) is 0 Å². The van der Waals surface area contributed by atoms with Gasteiger partial charge in [-0.1, -0.05) is 60.7 Å². The Kier molecular flexibility index (Phi) is 7.71. The van der Waals surface area contributed by atoms with Crippen LogP contribution in [0.5, 0.6) is 0 Å². The molecule has 1 aliphatic rings. The molecule has 3 rings (SSSR count). The van der Waals surface area contributed by atoms with Gasteiger partial charge in [-0.25, -0.2) is 0 Å². The molecule has 0 aliphatic carbocycles. The van der Waals surface area contributed by atoms with E-state index < -0.39 is 0 Å². The topological polar surface area (TPSA) is 7.68 Å². The molecule has 2 aromatic rings. The number of piperazine rings is 1. The molecule has 0 amide bonds. The Labute approximate surface area is 154 Å². The van der Waals surface area contributed by atoms with Crippen LogP contribution in [0.25, 0.3) is 0 Å². The van der Waals surface area contributed by atoms with Gasteiger partial charge in [-0.15, -0.1) is 0 Å². The zero-order valence-corrected chi connectivity index (χ0v) is 16.3. The minimum atomic E-state index is -0.275. The van der Waals surface area contributed by atoms with Crippen molar-refractivity contribution >= 4 is 18.5 Å². The zero-order valence-electron chi connectivity index (χ0n) is 14.7. The summed E-state index contributed by atoms with van der Waals surface area (Å²) in [6.07, 6.45) is 1.25. The molecule has 1 aliphatic heterocycles. The summed E-state index contributed by atoms with van der Waals surface area (Å²) in [6.45, 7) is 7.44. The Morgan fingerprint density at radius 3 is 1.83 bits per heavy atom. The smallest absolute Gasteiger partial charge is 0.0898 e. The van der Waals surface area contributed by atoms with Gasteiger partial charge in [0.15, 0.2) is 0 Å². The molecule has 130 valence electrons. The molecule has 24 heavy (non-hydrogen) atoms. The van der Waals surface area contributed by atoms with E-state index in [1.54, 1.807) is 4.90 Å². The summed E-state index contributed by atoms with van der Waals surface area (Å²) in [5.74, 6) is 0. The van der Waals surface area contributed by atoms with Crippen LogP contribution >= 0.6 is 7.92 Å². The first kappa shape index (κ1) is 19.4. The summed E-state index contributed by atoms with van der Waals surface area (Å²) >= 11 is 0. The predicted molar refractivity (Wildman–Crippen MR) is 102 cm³/mol. The lowest BCUT2D eigenvalue weighted by Crippen LogP contribution is -3.12. The lowest BCUT2D eigenvalue weighted by molar-refractivity contribution is -0.884. The molecule has 2 nitrogen and oxygen atoms in total. The summed E-state index contributed by atoms with van der Waals surface area (Å²) in [7, 11) is 2.03. The number of halogens is 1. The van der Waals surface area contributed by atoms with E-state index in [0.717, 1.165) is 0 Å². The van der Waals surface area contributed by atoms with E-state index in [9.17, 15) is 0 Å². The summed E-state index contributed by atoms with van der Waals surface area (Å²) < 4.78 is 0. The molecule has 1 fully saturated rings. The number of rotatable bonds is 5. The van der Waals surface area contributed by atoms with Crippen molar-refractivity contribution in [2.24, 2.45) is 0 Å². The third kappa shape index (κ3) is 5.04. The van der Waals surface area contributed by atoms with Gasteiger partial charge in [-0.3, -0.25) is 4.90 Å². The zero-order chi connectivity index (χ0) is 16.1. The second-order valence-corrected chi connectivity index (χ2v) is 8.88. The number of quaternary nitrogens is 1. The summed E-state index contributed by atoms with van der Waals surface area (Å²) in [4.78, 5) is 4.36. The Hall–Kier alpha value is -0.920. The molecule has 0 unspecified atom stereocenters. The van der Waals surface area contributed by atoms with Gasteiger partial charge in [0.1, 0.15) is 0 Å². The quantitative estimate of drug-likeness (QED) is 0.626. The van der Waals surface area contributed by atoms with Crippen LogP contribution in [-0.4, -0.2) is 50.3 Å². The number of hydrogen-bond donors (Lipinski definition) is 1. The first-order valence-corrected chi connectivity index (χ1v) is 10.2. The van der Waals surface area contributed by atoms with Crippen LogP contribution in [-0.2, 0) is 0 Å². The number of likely N-dealkylation sites (N-methyl/N-ethyl adjacent to an activating group) is 1. The van der Waals surface area contributed by atoms with Gasteiger partial charge >= 0.3 is 0 Å². The lowest BCUT2D eigenvalue weighted by atomic mass is 10.2. The van der Waals surface area contributed by atoms with Gasteiger partial charge in [0.2, 0.25) is 0 Å². The monoisotopic (exact) mass is 362 g/mol. The second-order valence-electron chi connectivity index (χ2n) is 6.62. The molecule has 1 heterocycles. The fraction of sp³-hybridized carbons (Fsp3) is 0.400. The molecular formula is C20H28ClN2P. The molecule has 0 bridgehead atoms. The maximum absolute atomic E-state index is 2.69. The Bertz CT molecular complexity index is 546. The average Bonchev–Trinajstić information content (AvgIpc) is 2.61. The van der Waals surface area contributed by atoms with Gasteiger partial charge < -0.3 is 17.3 Å². The fourth-order valence-corrected chi connectivity index (χ4v) is 5.85. The highest BCUT2D eigenvalue weighted by molar-refractivity contribution is 7.73. The number of hydrogen-bond acceptors (Lipinski definition) is 1. The molecule has 4 heteroatoms. The fourth-order valence-electron chi connectivity index (χ4n) is 3.30. The average molecular weight is 363 g/mol. The molecule has 0 saturated carbocycles. The van der Waals surface area contributed by atoms with Crippen LogP contribution in [0, 0.1) is 0 Å². The van der Waals surface area contributed by atoms with Crippen molar-refractivity contribution in [3.05, 3.63) is 60.7 Å².